The van der Waals surface area contributed by atoms with E-state index in [1.54, 1.807) is 29.9 Å². The molecule has 52 heavy (non-hydrogen) atoms. The molecule has 2 aliphatic carbocycles. The molecule has 0 aliphatic heterocycles. The van der Waals surface area contributed by atoms with Crippen LogP contribution in [0.2, 0.25) is 0 Å². The number of fused-ring (bicyclic) bond motifs is 2. The van der Waals surface area contributed by atoms with Crippen LogP contribution < -0.4 is 16.8 Å². The van der Waals surface area contributed by atoms with Gasteiger partial charge in [-0.2, -0.15) is 13.9 Å². The minimum absolute atomic E-state index is 0.0248. The number of allylic oxidation sites excluding steroid dienone is 2. The Morgan fingerprint density at radius 1 is 1.15 bits per heavy atom. The van der Waals surface area contributed by atoms with Crippen LogP contribution in [0.15, 0.2) is 58.7 Å². The maximum Gasteiger partial charge on any atom is 0.292 e. The number of nitrogens with zero attached hydrogens (tertiary/aromatic N) is 4. The molecule has 3 atom stereocenters. The summed E-state index contributed by atoms with van der Waals surface area (Å²) in [6, 6.07) is 8.51. The summed E-state index contributed by atoms with van der Waals surface area (Å²) in [4.78, 5) is 22.1. The fourth-order valence-corrected chi connectivity index (χ4v) is 6.76. The van der Waals surface area contributed by atoms with E-state index in [1.807, 2.05) is 13.0 Å². The van der Waals surface area contributed by atoms with Gasteiger partial charge in [0, 0.05) is 41.1 Å². The van der Waals surface area contributed by atoms with E-state index in [-0.39, 0.29) is 35.6 Å². The number of aliphatic hydroxyl groups is 1. The number of alkyl halides is 4. The van der Waals surface area contributed by atoms with E-state index in [4.69, 9.17) is 16.5 Å². The second-order valence-corrected chi connectivity index (χ2v) is 13.6. The van der Waals surface area contributed by atoms with Crippen molar-refractivity contribution in [3.8, 4) is 23.0 Å². The van der Waals surface area contributed by atoms with Gasteiger partial charge in [-0.1, -0.05) is 18.1 Å². The van der Waals surface area contributed by atoms with Crippen molar-refractivity contribution in [3.63, 3.8) is 0 Å². The number of amides is 1. The number of halogens is 6. The molecule has 6 N–H and O–H groups in total. The maximum absolute atomic E-state index is 15.2. The van der Waals surface area contributed by atoms with Gasteiger partial charge >= 0.3 is 0 Å². The smallest absolute Gasteiger partial charge is 0.292 e. The summed E-state index contributed by atoms with van der Waals surface area (Å²) in [5.41, 5.74) is 10.9. The predicted molar refractivity (Wildman–Crippen MR) is 183 cm³/mol. The number of nitrogens with two attached hydrogens (primary N) is 2. The molecule has 2 heterocycles. The van der Waals surface area contributed by atoms with Gasteiger partial charge in [-0.25, -0.2) is 22.5 Å². The van der Waals surface area contributed by atoms with Gasteiger partial charge in [0.05, 0.1) is 22.9 Å². The van der Waals surface area contributed by atoms with Gasteiger partial charge in [-0.3, -0.25) is 14.5 Å². The first-order chi connectivity index (χ1) is 24.4. The van der Waals surface area contributed by atoms with E-state index in [1.165, 1.54) is 13.8 Å². The van der Waals surface area contributed by atoms with Crippen LogP contribution in [0.5, 0.6) is 0 Å². The van der Waals surface area contributed by atoms with E-state index >= 15 is 8.78 Å². The van der Waals surface area contributed by atoms with Crippen molar-refractivity contribution in [2.24, 2.45) is 29.6 Å². The molecule has 15 heteroatoms. The lowest BCUT2D eigenvalue weighted by Gasteiger charge is -2.23. The molecule has 4 aromatic rings. The van der Waals surface area contributed by atoms with Crippen molar-refractivity contribution in [2.75, 3.05) is 12.3 Å². The lowest BCUT2D eigenvalue weighted by atomic mass is 9.93. The topological polar surface area (TPSA) is 144 Å². The fourth-order valence-electron chi connectivity index (χ4n) is 6.76. The average Bonchev–Trinajstić information content (AvgIpc) is 3.74. The molecule has 0 radical (unpaired) electrons. The van der Waals surface area contributed by atoms with Gasteiger partial charge in [-0.05, 0) is 80.8 Å². The highest BCUT2D eigenvalue weighted by atomic mass is 19.3. The molecular formula is C37H35F6N7O2. The lowest BCUT2D eigenvalue weighted by molar-refractivity contribution is -0.120. The summed E-state index contributed by atoms with van der Waals surface area (Å²) in [6.45, 7) is 3.90. The summed E-state index contributed by atoms with van der Waals surface area (Å²) in [5, 5.41) is 18.0. The van der Waals surface area contributed by atoms with Crippen molar-refractivity contribution in [2.45, 2.75) is 57.6 Å². The van der Waals surface area contributed by atoms with E-state index in [0.717, 1.165) is 17.7 Å². The number of benzene rings is 2. The molecule has 3 unspecified atom stereocenters. The Balaban J connectivity index is 1.48. The second-order valence-electron chi connectivity index (χ2n) is 13.6. The molecule has 0 saturated heterocycles. The summed E-state index contributed by atoms with van der Waals surface area (Å²) < 4.78 is 87.8. The molecule has 272 valence electrons. The largest absolute Gasteiger partial charge is 0.397 e. The number of hydrogen-bond acceptors (Lipinski definition) is 7. The highest BCUT2D eigenvalue weighted by Crippen LogP contribution is 2.62. The fraction of sp³-hybridized carbons (Fsp3) is 0.351. The third-order valence-electron chi connectivity index (χ3n) is 9.09. The van der Waals surface area contributed by atoms with Gasteiger partial charge in [0.15, 0.2) is 5.82 Å². The minimum Gasteiger partial charge on any atom is -0.397 e. The van der Waals surface area contributed by atoms with Crippen LogP contribution >= 0.6 is 0 Å². The zero-order valence-electron chi connectivity index (χ0n) is 28.5. The van der Waals surface area contributed by atoms with Gasteiger partial charge in [0.2, 0.25) is 5.91 Å². The number of aromatic nitrogens is 3. The van der Waals surface area contributed by atoms with Crippen LogP contribution in [0.1, 0.15) is 48.8 Å². The zero-order chi connectivity index (χ0) is 37.9. The van der Waals surface area contributed by atoms with E-state index < -0.39 is 76.9 Å². The van der Waals surface area contributed by atoms with Crippen molar-refractivity contribution in [3.05, 3.63) is 87.9 Å². The number of aryl methyl sites for hydroxylation is 2. The normalized spacial score (nSPS) is 20.1. The summed E-state index contributed by atoms with van der Waals surface area (Å²) in [7, 11) is 1.69. The number of pyridine rings is 1. The van der Waals surface area contributed by atoms with Crippen LogP contribution in [0.25, 0.3) is 22.0 Å². The number of carbonyl (C=O) groups excluding carboxylic acids is 1. The highest BCUT2D eigenvalue weighted by Gasteiger charge is 2.67. The molecule has 2 aromatic heterocycles. The van der Waals surface area contributed by atoms with Crippen molar-refractivity contribution in [1.29, 1.82) is 0 Å². The van der Waals surface area contributed by atoms with Crippen LogP contribution in [0, 0.1) is 42.2 Å². The standard InChI is InChI=1S/C37H35F6N7O2/c1-17-5-7-23(32-28(17)35(45)49-50(32)4)22-8-6-21(9-10-36(2,3)52)47-31(22)26(13-18-11-19(38)14-20(39)12-18)48-27(51)16-46-33-29(30(44)34(40)41)24-15-25(24)37(33,42)43/h5-8,11-12,14,24-26,34,52H,13,15-16,44H2,1-4H3,(H2,45,49)(H,48,51). The molecule has 0 spiro atoms. The predicted octanol–water partition coefficient (Wildman–Crippen LogP) is 5.53. The third-order valence-corrected chi connectivity index (χ3v) is 9.09. The summed E-state index contributed by atoms with van der Waals surface area (Å²) in [5.74, 6) is -2.63. The number of carbonyl (C=O) groups is 1. The third kappa shape index (κ3) is 7.07. The first kappa shape index (κ1) is 36.4. The molecule has 9 nitrogen and oxygen atoms in total. The van der Waals surface area contributed by atoms with Crippen molar-refractivity contribution in [1.82, 2.24) is 20.1 Å². The van der Waals surface area contributed by atoms with E-state index in [2.05, 4.69) is 27.2 Å². The molecule has 2 aromatic carbocycles. The van der Waals surface area contributed by atoms with Gasteiger partial charge in [0.1, 0.15) is 35.2 Å². The monoisotopic (exact) mass is 723 g/mol. The molecule has 0 bridgehead atoms. The number of aliphatic imine (C=N–C) groups is 1. The Kier molecular flexibility index (Phi) is 9.33. The number of anilines is 1. The molecule has 2 fully saturated rings. The SMILES string of the molecule is Cc1ccc(-c2ccc(C#CC(C)(C)O)nc2C(Cc2cc(F)cc(F)c2)NC(=O)CN=C2C(=C(N)C(F)F)C3CC3C2(F)F)c2c1c(N)nn2C. The molecule has 1 amide bonds. The van der Waals surface area contributed by atoms with Gasteiger partial charge in [-0.15, -0.1) is 0 Å². The lowest BCUT2D eigenvalue weighted by Crippen LogP contribution is -2.35. The summed E-state index contributed by atoms with van der Waals surface area (Å²) >= 11 is 0. The van der Waals surface area contributed by atoms with Crippen LogP contribution in [0.3, 0.4) is 0 Å². The quantitative estimate of drug-likeness (QED) is 0.139. The van der Waals surface area contributed by atoms with Gasteiger partial charge < -0.3 is 21.9 Å². The minimum atomic E-state index is -3.57. The Morgan fingerprint density at radius 3 is 2.48 bits per heavy atom. The Hall–Kier alpha value is -5.36. The molecule has 2 saturated carbocycles. The Bertz CT molecular complexity index is 2210. The Morgan fingerprint density at radius 2 is 1.83 bits per heavy atom. The highest BCUT2D eigenvalue weighted by molar-refractivity contribution is 6.11. The zero-order valence-corrected chi connectivity index (χ0v) is 28.5. The Labute approximate surface area is 294 Å². The van der Waals surface area contributed by atoms with Crippen LogP contribution in [-0.2, 0) is 18.3 Å². The number of rotatable bonds is 8. The van der Waals surface area contributed by atoms with Crippen molar-refractivity contribution >= 4 is 28.3 Å². The number of nitrogens with one attached hydrogen (secondary N) is 1. The maximum atomic E-state index is 15.2. The van der Waals surface area contributed by atoms with E-state index in [9.17, 15) is 27.5 Å². The first-order valence-electron chi connectivity index (χ1n) is 16.3. The average molecular weight is 724 g/mol. The molecular weight excluding hydrogens is 688 g/mol. The second kappa shape index (κ2) is 13.3. The van der Waals surface area contributed by atoms with Crippen LogP contribution in [0.4, 0.5) is 32.2 Å². The van der Waals surface area contributed by atoms with Crippen LogP contribution in [-0.4, -0.2) is 56.0 Å². The van der Waals surface area contributed by atoms with Gasteiger partial charge in [0.25, 0.3) is 12.3 Å². The first-order valence-corrected chi connectivity index (χ1v) is 16.3. The molecule has 2 aliphatic rings. The van der Waals surface area contributed by atoms with E-state index in [0.29, 0.717) is 28.1 Å². The summed E-state index contributed by atoms with van der Waals surface area (Å²) in [6.07, 6.45) is -3.46. The molecule has 6 rings (SSSR count). The van der Waals surface area contributed by atoms with Crippen molar-refractivity contribution < 1.29 is 36.2 Å². The number of hydrogen-bond donors (Lipinski definition) is 4. The number of nitrogen functional groups attached to an aromatic ring is 1.